The molecule has 1 aliphatic rings. The van der Waals surface area contributed by atoms with E-state index in [-0.39, 0.29) is 34.1 Å². The molecular formula is C20H26N4O5S. The van der Waals surface area contributed by atoms with Gasteiger partial charge in [-0.15, -0.1) is 0 Å². The molecule has 2 amide bonds. The number of carbonyl (C=O) groups excluding carboxylic acids is 2. The third kappa shape index (κ3) is 4.88. The van der Waals surface area contributed by atoms with Gasteiger partial charge in [-0.2, -0.15) is 4.72 Å². The van der Waals surface area contributed by atoms with Crippen LogP contribution in [0.1, 0.15) is 31.2 Å². The van der Waals surface area contributed by atoms with Crippen molar-refractivity contribution in [2.75, 3.05) is 18.4 Å². The minimum absolute atomic E-state index is 0.0431. The van der Waals surface area contributed by atoms with Gasteiger partial charge in [-0.05, 0) is 45.7 Å². The lowest BCUT2D eigenvalue weighted by atomic mass is 9.95. The van der Waals surface area contributed by atoms with E-state index in [1.165, 1.54) is 20.8 Å². The SMILES string of the molecule is Cc1noc(C)c1S(=O)(=O)N[C@@H](C)C(=O)N1CCC(C(=O)Nc2ccccc2)CC1. The van der Waals surface area contributed by atoms with E-state index in [0.29, 0.717) is 25.9 Å². The summed E-state index contributed by atoms with van der Waals surface area (Å²) >= 11 is 0. The van der Waals surface area contributed by atoms with E-state index in [1.54, 1.807) is 4.90 Å². The highest BCUT2D eigenvalue weighted by molar-refractivity contribution is 7.89. The Bertz CT molecular complexity index is 992. The Kier molecular flexibility index (Phi) is 6.57. The molecule has 1 atom stereocenters. The third-order valence-electron chi connectivity index (χ3n) is 5.16. The van der Waals surface area contributed by atoms with E-state index in [2.05, 4.69) is 15.2 Å². The van der Waals surface area contributed by atoms with Crippen molar-refractivity contribution in [2.45, 2.75) is 44.6 Å². The molecule has 0 unspecified atom stereocenters. The van der Waals surface area contributed by atoms with Gasteiger partial charge in [-0.3, -0.25) is 9.59 Å². The molecule has 1 aromatic carbocycles. The van der Waals surface area contributed by atoms with E-state index < -0.39 is 16.1 Å². The summed E-state index contributed by atoms with van der Waals surface area (Å²) in [5, 5.41) is 6.54. The second-order valence-electron chi connectivity index (χ2n) is 7.45. The maximum absolute atomic E-state index is 12.7. The van der Waals surface area contributed by atoms with Crippen LogP contribution >= 0.6 is 0 Å². The number of carbonyl (C=O) groups is 2. The van der Waals surface area contributed by atoms with Crippen molar-refractivity contribution < 1.29 is 22.5 Å². The monoisotopic (exact) mass is 434 g/mol. The van der Waals surface area contributed by atoms with Gasteiger partial charge in [0.2, 0.25) is 21.8 Å². The van der Waals surface area contributed by atoms with E-state index in [4.69, 9.17) is 4.52 Å². The minimum atomic E-state index is -3.94. The fraction of sp³-hybridized carbons (Fsp3) is 0.450. The number of anilines is 1. The Labute approximate surface area is 175 Å². The Morgan fingerprint density at radius 1 is 1.17 bits per heavy atom. The van der Waals surface area contributed by atoms with E-state index in [0.717, 1.165) is 5.69 Å². The molecule has 162 valence electrons. The number of nitrogens with one attached hydrogen (secondary N) is 2. The summed E-state index contributed by atoms with van der Waals surface area (Å²) < 4.78 is 32.5. The number of nitrogens with zero attached hydrogens (tertiary/aromatic N) is 2. The summed E-state index contributed by atoms with van der Waals surface area (Å²) in [5.74, 6) is -0.416. The average molecular weight is 435 g/mol. The molecule has 2 aromatic rings. The number of benzene rings is 1. The quantitative estimate of drug-likeness (QED) is 0.715. The first-order chi connectivity index (χ1) is 14.2. The molecule has 2 heterocycles. The first kappa shape index (κ1) is 22.0. The van der Waals surface area contributed by atoms with Crippen LogP contribution in [0.2, 0.25) is 0 Å². The molecule has 0 saturated carbocycles. The van der Waals surface area contributed by atoms with E-state index >= 15 is 0 Å². The number of aryl methyl sites for hydroxylation is 2. The number of piperidine rings is 1. The Balaban J connectivity index is 1.55. The first-order valence-corrected chi connectivity index (χ1v) is 11.3. The molecule has 30 heavy (non-hydrogen) atoms. The fourth-order valence-electron chi connectivity index (χ4n) is 3.60. The molecule has 1 aromatic heterocycles. The molecule has 1 saturated heterocycles. The van der Waals surface area contributed by atoms with E-state index in [9.17, 15) is 18.0 Å². The largest absolute Gasteiger partial charge is 0.360 e. The molecule has 0 radical (unpaired) electrons. The van der Waals surface area contributed by atoms with Gasteiger partial charge in [-0.25, -0.2) is 8.42 Å². The minimum Gasteiger partial charge on any atom is -0.360 e. The topological polar surface area (TPSA) is 122 Å². The number of hydrogen-bond donors (Lipinski definition) is 2. The number of sulfonamides is 1. The lowest BCUT2D eigenvalue weighted by Gasteiger charge is -2.33. The first-order valence-electron chi connectivity index (χ1n) is 9.79. The van der Waals surface area contributed by atoms with Gasteiger partial charge < -0.3 is 14.7 Å². The molecule has 1 fully saturated rings. The highest BCUT2D eigenvalue weighted by atomic mass is 32.2. The Morgan fingerprint density at radius 3 is 2.37 bits per heavy atom. The van der Waals surface area contributed by atoms with Gasteiger partial charge in [0, 0.05) is 24.7 Å². The lowest BCUT2D eigenvalue weighted by molar-refractivity contribution is -0.135. The predicted molar refractivity (Wildman–Crippen MR) is 110 cm³/mol. The van der Waals surface area contributed by atoms with Crippen molar-refractivity contribution in [3.63, 3.8) is 0 Å². The summed E-state index contributed by atoms with van der Waals surface area (Å²) in [6.45, 7) is 5.33. The number of hydrogen-bond acceptors (Lipinski definition) is 6. The second-order valence-corrected chi connectivity index (χ2v) is 9.10. The number of amides is 2. The van der Waals surface area contributed by atoms with Gasteiger partial charge in [0.15, 0.2) is 5.76 Å². The van der Waals surface area contributed by atoms with Crippen molar-refractivity contribution in [1.82, 2.24) is 14.8 Å². The van der Waals surface area contributed by atoms with Crippen LogP contribution in [0.15, 0.2) is 39.8 Å². The van der Waals surface area contributed by atoms with Gasteiger partial charge in [0.25, 0.3) is 0 Å². The maximum Gasteiger partial charge on any atom is 0.246 e. The van der Waals surface area contributed by atoms with Crippen LogP contribution in [-0.2, 0) is 19.6 Å². The second kappa shape index (κ2) is 8.97. The van der Waals surface area contributed by atoms with Crippen LogP contribution in [-0.4, -0.2) is 49.4 Å². The predicted octanol–water partition coefficient (Wildman–Crippen LogP) is 1.84. The number of aromatic nitrogens is 1. The molecule has 3 rings (SSSR count). The summed E-state index contributed by atoms with van der Waals surface area (Å²) in [7, 11) is -3.94. The third-order valence-corrected chi connectivity index (χ3v) is 6.94. The number of likely N-dealkylation sites (tertiary alicyclic amines) is 1. The van der Waals surface area contributed by atoms with Crippen molar-refractivity contribution in [2.24, 2.45) is 5.92 Å². The van der Waals surface area contributed by atoms with Crippen LogP contribution in [0.3, 0.4) is 0 Å². The highest BCUT2D eigenvalue weighted by Gasteiger charge is 2.33. The smallest absolute Gasteiger partial charge is 0.246 e. The zero-order valence-corrected chi connectivity index (χ0v) is 18.0. The van der Waals surface area contributed by atoms with Crippen molar-refractivity contribution in [3.05, 3.63) is 41.8 Å². The summed E-state index contributed by atoms with van der Waals surface area (Å²) in [6.07, 6.45) is 1.04. The van der Waals surface area contributed by atoms with Crippen LogP contribution in [0.25, 0.3) is 0 Å². The van der Waals surface area contributed by atoms with Crippen molar-refractivity contribution >= 4 is 27.5 Å². The van der Waals surface area contributed by atoms with Gasteiger partial charge >= 0.3 is 0 Å². The zero-order chi connectivity index (χ0) is 21.9. The maximum atomic E-state index is 12.7. The number of para-hydroxylation sites is 1. The lowest BCUT2D eigenvalue weighted by Crippen LogP contribution is -2.50. The highest BCUT2D eigenvalue weighted by Crippen LogP contribution is 2.22. The van der Waals surface area contributed by atoms with E-state index in [1.807, 2.05) is 30.3 Å². The molecule has 1 aliphatic heterocycles. The normalized spacial score (nSPS) is 16.3. The Hall–Kier alpha value is -2.72. The van der Waals surface area contributed by atoms with Crippen LogP contribution in [0.4, 0.5) is 5.69 Å². The Morgan fingerprint density at radius 2 is 1.80 bits per heavy atom. The molecule has 0 aliphatic carbocycles. The summed E-state index contributed by atoms with van der Waals surface area (Å²) in [5.41, 5.74) is 0.980. The van der Waals surface area contributed by atoms with Crippen LogP contribution in [0.5, 0.6) is 0 Å². The van der Waals surface area contributed by atoms with Gasteiger partial charge in [0.1, 0.15) is 10.6 Å². The summed E-state index contributed by atoms with van der Waals surface area (Å²) in [6, 6.07) is 8.27. The molecule has 9 nitrogen and oxygen atoms in total. The molecule has 2 N–H and O–H groups in total. The fourth-order valence-corrected chi connectivity index (χ4v) is 5.13. The molecule has 0 bridgehead atoms. The average Bonchev–Trinajstić information content (AvgIpc) is 3.07. The molecular weight excluding hydrogens is 408 g/mol. The molecule has 10 heteroatoms. The van der Waals surface area contributed by atoms with Crippen molar-refractivity contribution in [1.29, 1.82) is 0 Å². The number of rotatable bonds is 6. The van der Waals surface area contributed by atoms with Gasteiger partial charge in [-0.1, -0.05) is 23.4 Å². The zero-order valence-electron chi connectivity index (χ0n) is 17.2. The van der Waals surface area contributed by atoms with Crippen LogP contribution < -0.4 is 10.0 Å². The van der Waals surface area contributed by atoms with Crippen molar-refractivity contribution in [3.8, 4) is 0 Å². The summed E-state index contributed by atoms with van der Waals surface area (Å²) in [4.78, 5) is 26.7. The standard InChI is InChI=1S/C20H26N4O5S/c1-13-18(15(3)29-22-13)30(27,28)23-14(2)20(26)24-11-9-16(10-12-24)19(25)21-17-7-5-4-6-8-17/h4-8,14,16,23H,9-12H2,1-3H3,(H,21,25)/t14-/m0/s1. The molecule has 0 spiro atoms. The van der Waals surface area contributed by atoms with Gasteiger partial charge in [0.05, 0.1) is 6.04 Å². The van der Waals surface area contributed by atoms with Crippen LogP contribution in [0, 0.1) is 19.8 Å².